The maximum Gasteiger partial charge on any atom is 0.134 e. The van der Waals surface area contributed by atoms with Crippen molar-refractivity contribution in [1.82, 2.24) is 9.97 Å². The van der Waals surface area contributed by atoms with Crippen molar-refractivity contribution in [3.63, 3.8) is 0 Å². The Morgan fingerprint density at radius 3 is 2.42 bits per heavy atom. The summed E-state index contributed by atoms with van der Waals surface area (Å²) in [6, 6.07) is 0.554. The molecule has 1 fully saturated rings. The smallest absolute Gasteiger partial charge is 0.134 e. The van der Waals surface area contributed by atoms with Crippen LogP contribution in [0.5, 0.6) is 0 Å². The molecule has 1 aromatic heterocycles. The Kier molecular flexibility index (Phi) is 4.27. The maximum atomic E-state index is 4.43. The molecule has 0 atom stereocenters. The summed E-state index contributed by atoms with van der Waals surface area (Å²) in [5.41, 5.74) is 1.70. The number of rotatable bonds is 4. The monoisotopic (exact) mass is 262 g/mol. The molecule has 1 saturated carbocycles. The molecule has 1 aromatic rings. The third kappa shape index (κ3) is 3.37. The minimum Gasteiger partial charge on any atom is -0.373 e. The summed E-state index contributed by atoms with van der Waals surface area (Å²) in [5, 5.41) is 6.77. The van der Waals surface area contributed by atoms with Crippen molar-refractivity contribution in [3.8, 4) is 0 Å². The van der Waals surface area contributed by atoms with Crippen LogP contribution in [-0.4, -0.2) is 23.1 Å². The van der Waals surface area contributed by atoms with E-state index in [9.17, 15) is 0 Å². The zero-order valence-corrected chi connectivity index (χ0v) is 12.6. The highest BCUT2D eigenvalue weighted by atomic mass is 15.1. The highest BCUT2D eigenvalue weighted by Crippen LogP contribution is 2.36. The molecule has 0 aliphatic heterocycles. The fraction of sp³-hybridized carbons (Fsp3) is 0.733. The van der Waals surface area contributed by atoms with Gasteiger partial charge in [0.1, 0.15) is 18.0 Å². The van der Waals surface area contributed by atoms with Crippen LogP contribution in [-0.2, 0) is 6.42 Å². The summed E-state index contributed by atoms with van der Waals surface area (Å²) in [4.78, 5) is 8.71. The van der Waals surface area contributed by atoms with Crippen LogP contribution in [0.15, 0.2) is 6.33 Å². The van der Waals surface area contributed by atoms with E-state index in [4.69, 9.17) is 0 Å². The summed E-state index contributed by atoms with van der Waals surface area (Å²) in [7, 11) is 1.91. The van der Waals surface area contributed by atoms with Crippen molar-refractivity contribution in [3.05, 3.63) is 11.9 Å². The van der Waals surface area contributed by atoms with Crippen molar-refractivity contribution in [2.45, 2.75) is 58.9 Å². The molecule has 4 heteroatoms. The van der Waals surface area contributed by atoms with E-state index in [0.29, 0.717) is 11.5 Å². The van der Waals surface area contributed by atoms with E-state index in [1.54, 1.807) is 6.33 Å². The molecular weight excluding hydrogens is 236 g/mol. The van der Waals surface area contributed by atoms with E-state index in [2.05, 4.69) is 41.4 Å². The Morgan fingerprint density at radius 1 is 1.21 bits per heavy atom. The van der Waals surface area contributed by atoms with Gasteiger partial charge in [0.05, 0.1) is 0 Å². The predicted octanol–water partition coefficient (Wildman–Crippen LogP) is 3.46. The molecule has 0 bridgehead atoms. The Bertz CT molecular complexity index is 418. The number of aromatic nitrogens is 2. The minimum absolute atomic E-state index is 0.508. The average molecular weight is 262 g/mol. The number of hydrogen-bond donors (Lipinski definition) is 2. The van der Waals surface area contributed by atoms with Crippen LogP contribution in [0.2, 0.25) is 0 Å². The van der Waals surface area contributed by atoms with Gasteiger partial charge in [0.2, 0.25) is 0 Å². The van der Waals surface area contributed by atoms with Crippen molar-refractivity contribution in [2.75, 3.05) is 17.7 Å². The summed E-state index contributed by atoms with van der Waals surface area (Å²) in [5.74, 6) is 1.95. The molecule has 0 spiro atoms. The predicted molar refractivity (Wildman–Crippen MR) is 80.6 cm³/mol. The normalized spacial score (nSPS) is 19.2. The average Bonchev–Trinajstić information content (AvgIpc) is 2.40. The van der Waals surface area contributed by atoms with Crippen LogP contribution < -0.4 is 10.6 Å². The fourth-order valence-corrected chi connectivity index (χ4v) is 2.82. The van der Waals surface area contributed by atoms with Crippen LogP contribution in [0.4, 0.5) is 11.6 Å². The lowest BCUT2D eigenvalue weighted by Gasteiger charge is -2.35. The molecule has 2 rings (SSSR count). The van der Waals surface area contributed by atoms with Gasteiger partial charge in [-0.25, -0.2) is 9.97 Å². The lowest BCUT2D eigenvalue weighted by molar-refractivity contribution is 0.232. The number of anilines is 2. The van der Waals surface area contributed by atoms with Gasteiger partial charge in [-0.15, -0.1) is 0 Å². The number of hydrogen-bond acceptors (Lipinski definition) is 4. The van der Waals surface area contributed by atoms with Crippen LogP contribution >= 0.6 is 0 Å². The maximum absolute atomic E-state index is 4.43. The Hall–Kier alpha value is -1.32. The molecule has 2 N–H and O–H groups in total. The highest BCUT2D eigenvalue weighted by molar-refractivity contribution is 5.57. The van der Waals surface area contributed by atoms with E-state index in [1.165, 1.54) is 31.2 Å². The number of nitrogens with one attached hydrogen (secondary N) is 2. The molecular formula is C15H26N4. The Labute approximate surface area is 116 Å². The molecule has 106 valence electrons. The van der Waals surface area contributed by atoms with Gasteiger partial charge in [-0.1, -0.05) is 20.8 Å². The molecule has 0 aromatic carbocycles. The van der Waals surface area contributed by atoms with Gasteiger partial charge < -0.3 is 10.6 Å². The lowest BCUT2D eigenvalue weighted by Crippen LogP contribution is -2.30. The van der Waals surface area contributed by atoms with Gasteiger partial charge >= 0.3 is 0 Å². The summed E-state index contributed by atoms with van der Waals surface area (Å²) in [6.07, 6.45) is 7.62. The standard InChI is InChI=1S/C15H26N4/c1-5-12-13(16-4)17-10-18-14(12)19-11-6-8-15(2,3)9-7-11/h10-11H,5-9H2,1-4H3,(H2,16,17,18,19). The first-order chi connectivity index (χ1) is 9.05. The molecule has 1 aliphatic rings. The second kappa shape index (κ2) is 5.76. The van der Waals surface area contributed by atoms with Crippen LogP contribution in [0, 0.1) is 5.41 Å². The Balaban J connectivity index is 2.07. The van der Waals surface area contributed by atoms with Gasteiger partial charge in [0.15, 0.2) is 0 Å². The van der Waals surface area contributed by atoms with Gasteiger partial charge in [0, 0.05) is 18.7 Å². The second-order valence-electron chi connectivity index (χ2n) is 6.24. The first-order valence-corrected chi connectivity index (χ1v) is 7.34. The van der Waals surface area contributed by atoms with E-state index in [1.807, 2.05) is 7.05 Å². The van der Waals surface area contributed by atoms with Gasteiger partial charge in [-0.05, 0) is 37.5 Å². The summed E-state index contributed by atoms with van der Waals surface area (Å²) >= 11 is 0. The molecule has 0 saturated heterocycles. The third-order valence-corrected chi connectivity index (χ3v) is 4.22. The summed E-state index contributed by atoms with van der Waals surface area (Å²) in [6.45, 7) is 6.88. The zero-order chi connectivity index (χ0) is 13.9. The van der Waals surface area contributed by atoms with E-state index in [0.717, 1.165) is 18.1 Å². The first-order valence-electron chi connectivity index (χ1n) is 7.34. The van der Waals surface area contributed by atoms with Crippen molar-refractivity contribution >= 4 is 11.6 Å². The Morgan fingerprint density at radius 2 is 1.84 bits per heavy atom. The molecule has 4 nitrogen and oxygen atoms in total. The quantitative estimate of drug-likeness (QED) is 0.872. The van der Waals surface area contributed by atoms with Crippen molar-refractivity contribution in [1.29, 1.82) is 0 Å². The lowest BCUT2D eigenvalue weighted by atomic mass is 9.75. The van der Waals surface area contributed by atoms with Crippen LogP contribution in [0.3, 0.4) is 0 Å². The molecule has 0 radical (unpaired) electrons. The van der Waals surface area contributed by atoms with Gasteiger partial charge in [0.25, 0.3) is 0 Å². The van der Waals surface area contributed by atoms with E-state index < -0.39 is 0 Å². The summed E-state index contributed by atoms with van der Waals surface area (Å²) < 4.78 is 0. The third-order valence-electron chi connectivity index (χ3n) is 4.22. The van der Waals surface area contributed by atoms with Crippen LogP contribution in [0.1, 0.15) is 52.0 Å². The minimum atomic E-state index is 0.508. The van der Waals surface area contributed by atoms with Crippen LogP contribution in [0.25, 0.3) is 0 Å². The second-order valence-corrected chi connectivity index (χ2v) is 6.24. The highest BCUT2D eigenvalue weighted by Gasteiger charge is 2.27. The van der Waals surface area contributed by atoms with Gasteiger partial charge in [-0.3, -0.25) is 0 Å². The number of nitrogens with zero attached hydrogens (tertiary/aromatic N) is 2. The first kappa shape index (κ1) is 14.1. The van der Waals surface area contributed by atoms with Crippen molar-refractivity contribution < 1.29 is 0 Å². The fourth-order valence-electron chi connectivity index (χ4n) is 2.82. The van der Waals surface area contributed by atoms with E-state index >= 15 is 0 Å². The SMILES string of the molecule is CCc1c(NC)ncnc1NC1CCC(C)(C)CC1. The molecule has 1 aliphatic carbocycles. The molecule has 19 heavy (non-hydrogen) atoms. The molecule has 0 unspecified atom stereocenters. The van der Waals surface area contributed by atoms with E-state index in [-0.39, 0.29) is 0 Å². The zero-order valence-electron chi connectivity index (χ0n) is 12.6. The molecule has 0 amide bonds. The van der Waals surface area contributed by atoms with Gasteiger partial charge in [-0.2, -0.15) is 0 Å². The van der Waals surface area contributed by atoms with Crippen molar-refractivity contribution in [2.24, 2.45) is 5.41 Å². The topological polar surface area (TPSA) is 49.8 Å². The largest absolute Gasteiger partial charge is 0.373 e. The molecule has 1 heterocycles.